The van der Waals surface area contributed by atoms with Gasteiger partial charge in [-0.1, -0.05) is 60.4 Å². The van der Waals surface area contributed by atoms with Crippen LogP contribution in [0.5, 0.6) is 0 Å². The summed E-state index contributed by atoms with van der Waals surface area (Å²) in [6, 6.07) is 25.3. The molecule has 0 amide bonds. The van der Waals surface area contributed by atoms with Gasteiger partial charge in [-0.05, 0) is 68.7 Å². The largest absolute Gasteiger partial charge is 0.311 e. The molecule has 2 fully saturated rings. The fourth-order valence-corrected chi connectivity index (χ4v) is 6.68. The van der Waals surface area contributed by atoms with Crippen LogP contribution in [-0.2, 0) is 9.59 Å². The summed E-state index contributed by atoms with van der Waals surface area (Å²) < 4.78 is 9.01. The summed E-state index contributed by atoms with van der Waals surface area (Å²) in [6.07, 6.45) is 5.19. The second-order valence-corrected chi connectivity index (χ2v) is 11.7. The molecule has 3 aromatic carbocycles. The number of hydrogen-bond acceptors (Lipinski definition) is 8. The Morgan fingerprint density at radius 3 is 1.76 bits per heavy atom. The summed E-state index contributed by atoms with van der Waals surface area (Å²) in [6.45, 7) is 4.17. The number of benzene rings is 3. The van der Waals surface area contributed by atoms with Crippen molar-refractivity contribution in [1.29, 1.82) is 0 Å². The smallest absolute Gasteiger partial charge is 0.188 e. The van der Waals surface area contributed by atoms with Crippen LogP contribution in [0, 0.1) is 25.7 Å². The third-order valence-electron chi connectivity index (χ3n) is 8.42. The van der Waals surface area contributed by atoms with E-state index >= 15 is 0 Å². The molecule has 2 saturated carbocycles. The SMILES string of the molecule is Cc1ccc(N(c2ccc(C)cc2)c2ccc(-c3cnc(N=C4C(=O)C5CCCCC5C4=O)c4nsnc34)cc2)cc1. The maximum Gasteiger partial charge on any atom is 0.188 e. The van der Waals surface area contributed by atoms with Crippen molar-refractivity contribution >= 4 is 62.9 Å². The third-order valence-corrected chi connectivity index (χ3v) is 8.94. The van der Waals surface area contributed by atoms with Crippen molar-refractivity contribution in [3.05, 3.63) is 90.1 Å². The first-order valence-electron chi connectivity index (χ1n) is 14.3. The van der Waals surface area contributed by atoms with E-state index in [1.54, 1.807) is 6.20 Å². The summed E-state index contributed by atoms with van der Waals surface area (Å²) in [5.74, 6) is -0.472. The van der Waals surface area contributed by atoms with Crippen molar-refractivity contribution in [2.24, 2.45) is 16.8 Å². The summed E-state index contributed by atoms with van der Waals surface area (Å²) in [5.41, 5.74) is 8.54. The summed E-state index contributed by atoms with van der Waals surface area (Å²) in [4.78, 5) is 37.4. The molecule has 0 N–H and O–H groups in total. The van der Waals surface area contributed by atoms with Gasteiger partial charge < -0.3 is 4.90 Å². The van der Waals surface area contributed by atoms with E-state index in [-0.39, 0.29) is 34.9 Å². The van der Waals surface area contributed by atoms with Gasteiger partial charge in [-0.2, -0.15) is 8.75 Å². The van der Waals surface area contributed by atoms with Crippen LogP contribution in [0.3, 0.4) is 0 Å². The zero-order valence-electron chi connectivity index (χ0n) is 23.4. The fourth-order valence-electron chi connectivity index (χ4n) is 6.13. The lowest BCUT2D eigenvalue weighted by atomic mass is 9.81. The quantitative estimate of drug-likeness (QED) is 0.213. The van der Waals surface area contributed by atoms with Crippen LogP contribution >= 0.6 is 11.7 Å². The predicted molar refractivity (Wildman–Crippen MR) is 167 cm³/mol. The van der Waals surface area contributed by atoms with E-state index in [0.717, 1.165) is 65.6 Å². The van der Waals surface area contributed by atoms with E-state index in [1.807, 2.05) is 0 Å². The average Bonchev–Trinajstić information content (AvgIpc) is 3.60. The molecule has 2 heterocycles. The van der Waals surface area contributed by atoms with Crippen molar-refractivity contribution < 1.29 is 9.59 Å². The molecule has 42 heavy (non-hydrogen) atoms. The molecular weight excluding hydrogens is 542 g/mol. The van der Waals surface area contributed by atoms with Gasteiger partial charge in [0.25, 0.3) is 0 Å². The van der Waals surface area contributed by atoms with Crippen LogP contribution in [0.4, 0.5) is 22.9 Å². The van der Waals surface area contributed by atoms with Crippen LogP contribution < -0.4 is 4.90 Å². The molecular formula is C34H29N5O2S. The number of carbonyl (C=O) groups is 2. The van der Waals surface area contributed by atoms with Gasteiger partial charge in [0.1, 0.15) is 11.0 Å². The minimum absolute atomic E-state index is 0.0260. The number of fused-ring (bicyclic) bond motifs is 2. The first-order valence-corrected chi connectivity index (χ1v) is 15.0. The molecule has 0 radical (unpaired) electrons. The molecule has 0 bridgehead atoms. The second kappa shape index (κ2) is 10.7. The predicted octanol–water partition coefficient (Wildman–Crippen LogP) is 7.87. The number of pyridine rings is 1. The zero-order chi connectivity index (χ0) is 28.8. The number of nitrogens with zero attached hydrogens (tertiary/aromatic N) is 5. The Balaban J connectivity index is 1.24. The Morgan fingerprint density at radius 2 is 1.21 bits per heavy atom. The number of aliphatic imine (C=N–C) groups is 1. The Bertz CT molecular complexity index is 1770. The van der Waals surface area contributed by atoms with E-state index in [2.05, 4.69) is 110 Å². The van der Waals surface area contributed by atoms with Crippen molar-refractivity contribution in [2.45, 2.75) is 39.5 Å². The standard InChI is InChI=1S/C34H29N5O2S/c1-20-7-13-23(14-8-20)39(24-15-9-21(2)10-16-24)25-17-11-22(12-18-25)28-19-35-34(30-29(28)37-42-38-30)36-31-32(40)26-5-3-4-6-27(26)33(31)41/h7-19,26-27H,3-6H2,1-2H3. The van der Waals surface area contributed by atoms with E-state index in [1.165, 1.54) is 11.1 Å². The van der Waals surface area contributed by atoms with Gasteiger partial charge in [-0.15, -0.1) is 0 Å². The number of aromatic nitrogens is 3. The van der Waals surface area contributed by atoms with Crippen molar-refractivity contribution in [1.82, 2.24) is 13.7 Å². The van der Waals surface area contributed by atoms with Gasteiger partial charge in [0.05, 0.1) is 11.7 Å². The molecule has 208 valence electrons. The Labute approximate surface area is 248 Å². The first kappa shape index (κ1) is 26.3. The molecule has 0 spiro atoms. The van der Waals surface area contributed by atoms with Crippen LogP contribution in [0.2, 0.25) is 0 Å². The maximum atomic E-state index is 13.0. The first-order chi connectivity index (χ1) is 20.5. The minimum Gasteiger partial charge on any atom is -0.311 e. The maximum absolute atomic E-state index is 13.0. The van der Waals surface area contributed by atoms with E-state index in [0.29, 0.717) is 11.0 Å². The van der Waals surface area contributed by atoms with Crippen LogP contribution in [0.25, 0.3) is 22.2 Å². The highest BCUT2D eigenvalue weighted by Gasteiger charge is 2.47. The topological polar surface area (TPSA) is 88.4 Å². The second-order valence-electron chi connectivity index (χ2n) is 11.2. The summed E-state index contributed by atoms with van der Waals surface area (Å²) in [5, 5.41) is 0. The van der Waals surface area contributed by atoms with Gasteiger partial charge in [-0.3, -0.25) is 9.59 Å². The molecule has 0 aliphatic heterocycles. The summed E-state index contributed by atoms with van der Waals surface area (Å²) >= 11 is 1.07. The van der Waals surface area contributed by atoms with Crippen LogP contribution in [-0.4, -0.2) is 31.0 Å². The highest BCUT2D eigenvalue weighted by molar-refractivity contribution is 7.00. The number of Topliss-reactive ketones (excluding diaryl/α,β-unsaturated/α-hetero) is 2. The lowest BCUT2D eigenvalue weighted by Crippen LogP contribution is -2.21. The van der Waals surface area contributed by atoms with Crippen LogP contribution in [0.15, 0.2) is 84.0 Å². The number of aryl methyl sites for hydroxylation is 2. The van der Waals surface area contributed by atoms with Gasteiger partial charge >= 0.3 is 0 Å². The number of rotatable bonds is 5. The molecule has 0 saturated heterocycles. The van der Waals surface area contributed by atoms with Gasteiger partial charge in [-0.25, -0.2) is 9.98 Å². The van der Waals surface area contributed by atoms with Crippen molar-refractivity contribution in [3.8, 4) is 11.1 Å². The average molecular weight is 572 g/mol. The number of hydrogen-bond donors (Lipinski definition) is 0. The van der Waals surface area contributed by atoms with Crippen molar-refractivity contribution in [3.63, 3.8) is 0 Å². The van der Waals surface area contributed by atoms with Gasteiger partial charge in [0.15, 0.2) is 23.1 Å². The monoisotopic (exact) mass is 571 g/mol. The molecule has 5 aromatic rings. The fraction of sp³-hybridized carbons (Fsp3) is 0.235. The Morgan fingerprint density at radius 1 is 0.714 bits per heavy atom. The summed E-state index contributed by atoms with van der Waals surface area (Å²) in [7, 11) is 0. The van der Waals surface area contributed by atoms with Gasteiger partial charge in [0.2, 0.25) is 0 Å². The Hall–Kier alpha value is -4.56. The Kier molecular flexibility index (Phi) is 6.70. The lowest BCUT2D eigenvalue weighted by Gasteiger charge is -2.26. The molecule has 2 aliphatic carbocycles. The molecule has 2 aliphatic rings. The molecule has 7 rings (SSSR count). The highest BCUT2D eigenvalue weighted by atomic mass is 32.1. The zero-order valence-corrected chi connectivity index (χ0v) is 24.3. The van der Waals surface area contributed by atoms with Crippen molar-refractivity contribution in [2.75, 3.05) is 4.90 Å². The van der Waals surface area contributed by atoms with Crippen LogP contribution in [0.1, 0.15) is 36.8 Å². The number of carbonyl (C=O) groups excluding carboxylic acids is 2. The lowest BCUT2D eigenvalue weighted by molar-refractivity contribution is -0.120. The van der Waals surface area contributed by atoms with Gasteiger partial charge in [0, 0.05) is 40.7 Å². The number of ketones is 2. The van der Waals surface area contributed by atoms with E-state index < -0.39 is 0 Å². The minimum atomic E-state index is -0.230. The molecule has 2 unspecified atom stereocenters. The van der Waals surface area contributed by atoms with E-state index in [9.17, 15) is 9.59 Å². The molecule has 2 aromatic heterocycles. The number of anilines is 3. The third kappa shape index (κ3) is 4.61. The molecule has 2 atom stereocenters. The van der Waals surface area contributed by atoms with E-state index in [4.69, 9.17) is 0 Å². The normalized spacial score (nSPS) is 18.4. The highest BCUT2D eigenvalue weighted by Crippen LogP contribution is 2.40. The molecule has 8 heteroatoms. The molecule has 7 nitrogen and oxygen atoms in total.